The standard InChI is InChI=1S/C7H6F3N4OS/c8-7(9,10)3-11-6(15)14-13-1-5-2-16-4-12-5/h1-2H,3H2,(H2,11,14,15)/b13-1+. The molecular weight excluding hydrogens is 245 g/mol. The molecule has 1 aromatic heterocycles. The zero-order valence-corrected chi connectivity index (χ0v) is 8.52. The molecule has 1 heterocycles. The molecule has 2 amide bonds. The molecule has 0 fully saturated rings. The molecule has 0 saturated heterocycles. The van der Waals surface area contributed by atoms with E-state index in [2.05, 4.69) is 15.6 Å². The summed E-state index contributed by atoms with van der Waals surface area (Å²) in [4.78, 5) is 14.4. The molecule has 0 atom stereocenters. The minimum Gasteiger partial charge on any atom is -0.328 e. The molecule has 0 spiro atoms. The third kappa shape index (κ3) is 5.29. The van der Waals surface area contributed by atoms with Gasteiger partial charge in [0, 0.05) is 5.38 Å². The number of hydrogen-bond donors (Lipinski definition) is 2. The molecule has 0 aliphatic rings. The molecule has 1 rings (SSSR count). The van der Waals surface area contributed by atoms with Crippen LogP contribution in [-0.4, -0.2) is 30.0 Å². The number of carbonyl (C=O) groups excluding carboxylic acids is 1. The van der Waals surface area contributed by atoms with E-state index >= 15 is 0 Å². The molecule has 1 radical (unpaired) electrons. The number of hydrogen-bond acceptors (Lipinski definition) is 4. The number of amides is 2. The highest BCUT2D eigenvalue weighted by Gasteiger charge is 2.27. The van der Waals surface area contributed by atoms with E-state index in [0.717, 1.165) is 0 Å². The lowest BCUT2D eigenvalue weighted by Crippen LogP contribution is -2.38. The second-order valence-corrected chi connectivity index (χ2v) is 3.19. The van der Waals surface area contributed by atoms with Gasteiger partial charge in [-0.1, -0.05) is 0 Å². The number of nitrogens with one attached hydrogen (secondary N) is 2. The molecule has 0 saturated carbocycles. The van der Waals surface area contributed by atoms with E-state index in [0.29, 0.717) is 5.69 Å². The fourth-order valence-electron chi connectivity index (χ4n) is 0.628. The Balaban J connectivity index is 2.25. The van der Waals surface area contributed by atoms with Crippen molar-refractivity contribution < 1.29 is 18.0 Å². The normalized spacial score (nSPS) is 11.7. The van der Waals surface area contributed by atoms with E-state index in [1.54, 1.807) is 10.7 Å². The lowest BCUT2D eigenvalue weighted by Gasteiger charge is -2.06. The molecule has 0 unspecified atom stereocenters. The number of nitrogens with zero attached hydrogens (tertiary/aromatic N) is 2. The summed E-state index contributed by atoms with van der Waals surface area (Å²) in [6.45, 7) is -1.40. The Morgan fingerprint density at radius 1 is 1.69 bits per heavy atom. The fourth-order valence-corrected chi connectivity index (χ4v) is 1.07. The predicted molar refractivity (Wildman–Crippen MR) is 51.1 cm³/mol. The van der Waals surface area contributed by atoms with Crippen LogP contribution >= 0.6 is 11.3 Å². The summed E-state index contributed by atoms with van der Waals surface area (Å²) in [6, 6.07) is -1.03. The summed E-state index contributed by atoms with van der Waals surface area (Å²) in [5.74, 6) is 0. The quantitative estimate of drug-likeness (QED) is 0.625. The summed E-state index contributed by atoms with van der Waals surface area (Å²) in [7, 11) is 0. The van der Waals surface area contributed by atoms with Crippen LogP contribution in [0.15, 0.2) is 10.5 Å². The predicted octanol–water partition coefficient (Wildman–Crippen LogP) is 1.14. The molecule has 5 nitrogen and oxygen atoms in total. The Bertz CT molecular complexity index is 362. The van der Waals surface area contributed by atoms with Crippen LogP contribution in [0.1, 0.15) is 5.69 Å². The zero-order chi connectivity index (χ0) is 12.0. The average molecular weight is 251 g/mol. The van der Waals surface area contributed by atoms with E-state index in [-0.39, 0.29) is 0 Å². The second-order valence-electron chi connectivity index (χ2n) is 2.53. The summed E-state index contributed by atoms with van der Waals surface area (Å²) < 4.78 is 35.0. The average Bonchev–Trinajstić information content (AvgIpc) is 2.66. The van der Waals surface area contributed by atoms with Gasteiger partial charge in [0.1, 0.15) is 6.54 Å². The van der Waals surface area contributed by atoms with Crippen molar-refractivity contribution >= 4 is 23.6 Å². The lowest BCUT2D eigenvalue weighted by molar-refractivity contribution is -0.122. The monoisotopic (exact) mass is 251 g/mol. The molecule has 0 aliphatic heterocycles. The SMILES string of the molecule is O=C(NCC(F)(F)F)N/N=C/c1cs[c]n1. The summed E-state index contributed by atoms with van der Waals surface area (Å²) in [5.41, 5.74) is 4.86. The van der Waals surface area contributed by atoms with E-state index in [9.17, 15) is 18.0 Å². The number of urea groups is 1. The maximum absolute atomic E-state index is 11.7. The van der Waals surface area contributed by atoms with Gasteiger partial charge in [-0.3, -0.25) is 0 Å². The summed E-state index contributed by atoms with van der Waals surface area (Å²) in [6.07, 6.45) is -3.24. The molecule has 16 heavy (non-hydrogen) atoms. The van der Waals surface area contributed by atoms with Crippen molar-refractivity contribution in [3.63, 3.8) is 0 Å². The molecule has 87 valence electrons. The van der Waals surface area contributed by atoms with Gasteiger partial charge in [-0.25, -0.2) is 15.2 Å². The van der Waals surface area contributed by atoms with Gasteiger partial charge in [-0.05, 0) is 0 Å². The van der Waals surface area contributed by atoms with Crippen molar-refractivity contribution in [1.82, 2.24) is 15.7 Å². The van der Waals surface area contributed by atoms with Crippen LogP contribution in [0.2, 0.25) is 0 Å². The van der Waals surface area contributed by atoms with E-state index in [1.807, 2.05) is 5.43 Å². The first-order chi connectivity index (χ1) is 7.47. The van der Waals surface area contributed by atoms with Crippen molar-refractivity contribution in [1.29, 1.82) is 0 Å². The van der Waals surface area contributed by atoms with E-state index in [4.69, 9.17) is 0 Å². The Labute approximate surface area is 92.4 Å². The van der Waals surface area contributed by atoms with E-state index in [1.165, 1.54) is 17.6 Å². The third-order valence-electron chi connectivity index (χ3n) is 1.22. The molecule has 0 aromatic carbocycles. The Morgan fingerprint density at radius 2 is 2.44 bits per heavy atom. The third-order valence-corrected chi connectivity index (χ3v) is 1.78. The number of thiazole rings is 1. The van der Waals surface area contributed by atoms with Crippen molar-refractivity contribution in [2.45, 2.75) is 6.18 Å². The van der Waals surface area contributed by atoms with Crippen LogP contribution in [-0.2, 0) is 0 Å². The van der Waals surface area contributed by atoms with Crippen molar-refractivity contribution in [2.24, 2.45) is 5.10 Å². The lowest BCUT2D eigenvalue weighted by atomic mass is 10.6. The molecule has 1 aromatic rings. The number of alkyl halides is 3. The summed E-state index contributed by atoms with van der Waals surface area (Å²) >= 11 is 1.21. The first kappa shape index (κ1) is 12.4. The van der Waals surface area contributed by atoms with Gasteiger partial charge in [-0.15, -0.1) is 11.3 Å². The largest absolute Gasteiger partial charge is 0.405 e. The number of halogens is 3. The second kappa shape index (κ2) is 5.45. The maximum atomic E-state index is 11.7. The van der Waals surface area contributed by atoms with Crippen molar-refractivity contribution in [2.75, 3.05) is 6.54 Å². The van der Waals surface area contributed by atoms with Crippen LogP contribution < -0.4 is 10.7 Å². The minimum atomic E-state index is -4.44. The Kier molecular flexibility index (Phi) is 4.23. The first-order valence-corrected chi connectivity index (χ1v) is 4.80. The smallest absolute Gasteiger partial charge is 0.328 e. The van der Waals surface area contributed by atoms with Gasteiger partial charge in [0.15, 0.2) is 5.51 Å². The topological polar surface area (TPSA) is 66.4 Å². The highest BCUT2D eigenvalue weighted by Crippen LogP contribution is 2.11. The van der Waals surface area contributed by atoms with E-state index < -0.39 is 18.8 Å². The molecule has 0 aliphatic carbocycles. The van der Waals surface area contributed by atoms with Gasteiger partial charge < -0.3 is 5.32 Å². The number of carbonyl (C=O) groups is 1. The molecular formula is C7H6F3N4OS. The van der Waals surface area contributed by atoms with Gasteiger partial charge in [0.2, 0.25) is 0 Å². The van der Waals surface area contributed by atoms with Crippen molar-refractivity contribution in [3.05, 3.63) is 16.6 Å². The highest BCUT2D eigenvalue weighted by atomic mass is 32.1. The number of rotatable bonds is 3. The molecule has 2 N–H and O–H groups in total. The number of aromatic nitrogens is 1. The zero-order valence-electron chi connectivity index (χ0n) is 7.71. The van der Waals surface area contributed by atoms with Crippen LogP contribution in [0.4, 0.5) is 18.0 Å². The Hall–Kier alpha value is -1.64. The van der Waals surface area contributed by atoms with Crippen LogP contribution in [0.3, 0.4) is 0 Å². The minimum absolute atomic E-state index is 0.459. The van der Waals surface area contributed by atoms with Gasteiger partial charge >= 0.3 is 12.2 Å². The van der Waals surface area contributed by atoms with Crippen LogP contribution in [0.25, 0.3) is 0 Å². The molecule has 9 heteroatoms. The van der Waals surface area contributed by atoms with Crippen LogP contribution in [0, 0.1) is 5.51 Å². The Morgan fingerprint density at radius 3 is 3.00 bits per heavy atom. The summed E-state index contributed by atoms with van der Waals surface area (Å²) in [5, 5.41) is 6.58. The maximum Gasteiger partial charge on any atom is 0.405 e. The van der Waals surface area contributed by atoms with Crippen LogP contribution in [0.5, 0.6) is 0 Å². The van der Waals surface area contributed by atoms with Crippen molar-refractivity contribution in [3.8, 4) is 0 Å². The number of hydrazone groups is 1. The van der Waals surface area contributed by atoms with Gasteiger partial charge in [-0.2, -0.15) is 18.3 Å². The first-order valence-electron chi connectivity index (χ1n) is 3.92. The fraction of sp³-hybridized carbons (Fsp3) is 0.286. The molecule has 0 bridgehead atoms. The van der Waals surface area contributed by atoms with Gasteiger partial charge in [0.25, 0.3) is 0 Å². The highest BCUT2D eigenvalue weighted by molar-refractivity contribution is 7.07. The van der Waals surface area contributed by atoms with Gasteiger partial charge in [0.05, 0.1) is 11.9 Å².